The van der Waals surface area contributed by atoms with E-state index in [1.807, 2.05) is 30.3 Å². The van der Waals surface area contributed by atoms with Crippen LogP contribution in [-0.2, 0) is 11.2 Å². The van der Waals surface area contributed by atoms with Crippen LogP contribution in [0.25, 0.3) is 0 Å². The topological polar surface area (TPSA) is 64.5 Å². The van der Waals surface area contributed by atoms with Crippen LogP contribution in [0.3, 0.4) is 0 Å². The quantitative estimate of drug-likeness (QED) is 0.687. The first-order chi connectivity index (χ1) is 14.5. The number of nitrogens with one attached hydrogen (secondary N) is 2. The molecule has 0 bridgehead atoms. The number of likely N-dealkylation sites (N-methyl/N-ethyl adjacent to an activating group) is 1. The summed E-state index contributed by atoms with van der Waals surface area (Å²) in [6.07, 6.45) is 0.933. The van der Waals surface area contributed by atoms with Crippen molar-refractivity contribution in [3.8, 4) is 17.2 Å². The summed E-state index contributed by atoms with van der Waals surface area (Å²) in [7, 11) is 6.97. The molecule has 1 heterocycles. The van der Waals surface area contributed by atoms with E-state index in [9.17, 15) is 4.79 Å². The number of ether oxygens (including phenoxy) is 3. The van der Waals surface area contributed by atoms with E-state index in [1.54, 1.807) is 21.3 Å². The van der Waals surface area contributed by atoms with Gasteiger partial charge in [0.2, 0.25) is 11.7 Å². The van der Waals surface area contributed by atoms with E-state index in [-0.39, 0.29) is 5.91 Å². The molecule has 2 aromatic carbocycles. The van der Waals surface area contributed by atoms with Crippen LogP contribution in [0.2, 0.25) is 0 Å². The second kappa shape index (κ2) is 10.2. The minimum Gasteiger partial charge on any atom is -0.493 e. The van der Waals surface area contributed by atoms with Crippen molar-refractivity contribution >= 4 is 17.3 Å². The van der Waals surface area contributed by atoms with E-state index >= 15 is 0 Å². The van der Waals surface area contributed by atoms with Gasteiger partial charge >= 0.3 is 0 Å². The maximum Gasteiger partial charge on any atom is 0.224 e. The van der Waals surface area contributed by atoms with E-state index in [4.69, 9.17) is 14.2 Å². The van der Waals surface area contributed by atoms with Crippen LogP contribution in [-0.4, -0.2) is 60.5 Å². The third-order valence-electron chi connectivity index (χ3n) is 5.50. The smallest absolute Gasteiger partial charge is 0.224 e. The van der Waals surface area contributed by atoms with E-state index in [0.717, 1.165) is 43.1 Å². The molecular formula is C23H32N3O4+. The SMILES string of the molecule is COc1cc(CCC(=O)Nc2ccccc2N2CC[NH+](C)CC2)cc(OC)c1OC. The van der Waals surface area contributed by atoms with Gasteiger partial charge in [-0.25, -0.2) is 0 Å². The van der Waals surface area contributed by atoms with Crippen molar-refractivity contribution in [2.24, 2.45) is 0 Å². The van der Waals surface area contributed by atoms with Crippen LogP contribution in [0.4, 0.5) is 11.4 Å². The number of hydrogen-bond acceptors (Lipinski definition) is 5. The highest BCUT2D eigenvalue weighted by Gasteiger charge is 2.20. The average molecular weight is 415 g/mol. The number of carbonyl (C=O) groups excluding carboxylic acids is 1. The molecule has 3 rings (SSSR count). The minimum atomic E-state index is -0.0176. The molecule has 7 heteroatoms. The van der Waals surface area contributed by atoms with Crippen molar-refractivity contribution in [3.63, 3.8) is 0 Å². The van der Waals surface area contributed by atoms with E-state index in [1.165, 1.54) is 4.90 Å². The first kappa shape index (κ1) is 21.8. The van der Waals surface area contributed by atoms with Gasteiger partial charge in [-0.3, -0.25) is 4.79 Å². The number of para-hydroxylation sites is 2. The number of aryl methyl sites for hydroxylation is 1. The monoisotopic (exact) mass is 414 g/mol. The van der Waals surface area contributed by atoms with Crippen LogP contribution >= 0.6 is 0 Å². The maximum atomic E-state index is 12.7. The van der Waals surface area contributed by atoms with Crippen molar-refractivity contribution in [1.82, 2.24) is 0 Å². The normalized spacial score (nSPS) is 14.3. The largest absolute Gasteiger partial charge is 0.493 e. The highest BCUT2D eigenvalue weighted by atomic mass is 16.5. The zero-order valence-corrected chi connectivity index (χ0v) is 18.3. The molecule has 1 saturated heterocycles. The lowest BCUT2D eigenvalue weighted by atomic mass is 10.1. The van der Waals surface area contributed by atoms with Gasteiger partial charge in [0.25, 0.3) is 0 Å². The van der Waals surface area contributed by atoms with Crippen molar-refractivity contribution < 1.29 is 23.9 Å². The van der Waals surface area contributed by atoms with Crippen molar-refractivity contribution in [2.45, 2.75) is 12.8 Å². The van der Waals surface area contributed by atoms with Gasteiger partial charge in [-0.2, -0.15) is 0 Å². The Morgan fingerprint density at radius 2 is 1.67 bits per heavy atom. The molecule has 1 fully saturated rings. The predicted molar refractivity (Wildman–Crippen MR) is 118 cm³/mol. The lowest BCUT2D eigenvalue weighted by molar-refractivity contribution is -0.880. The molecule has 0 atom stereocenters. The number of quaternary nitrogens is 1. The highest BCUT2D eigenvalue weighted by Crippen LogP contribution is 2.38. The molecule has 0 spiro atoms. The Morgan fingerprint density at radius 1 is 1.03 bits per heavy atom. The number of anilines is 2. The summed E-state index contributed by atoms with van der Waals surface area (Å²) < 4.78 is 16.2. The lowest BCUT2D eigenvalue weighted by Gasteiger charge is -2.33. The molecule has 0 saturated carbocycles. The predicted octanol–water partition coefficient (Wildman–Crippen LogP) is 1.62. The number of rotatable bonds is 8. The Kier molecular flexibility index (Phi) is 7.41. The number of amides is 1. The van der Waals surface area contributed by atoms with Gasteiger partial charge in [0.15, 0.2) is 11.5 Å². The molecule has 0 radical (unpaired) electrons. The zero-order chi connectivity index (χ0) is 21.5. The molecule has 2 N–H and O–H groups in total. The Hall–Kier alpha value is -2.93. The van der Waals surface area contributed by atoms with Gasteiger partial charge in [0.1, 0.15) is 0 Å². The number of methoxy groups -OCH3 is 3. The summed E-state index contributed by atoms with van der Waals surface area (Å²) in [5, 5.41) is 3.09. The molecule has 162 valence electrons. The number of piperazine rings is 1. The third-order valence-corrected chi connectivity index (χ3v) is 5.50. The fourth-order valence-corrected chi connectivity index (χ4v) is 3.73. The Bertz CT molecular complexity index is 838. The number of benzene rings is 2. The molecule has 0 unspecified atom stereocenters. The third kappa shape index (κ3) is 5.16. The molecule has 0 aliphatic carbocycles. The molecule has 30 heavy (non-hydrogen) atoms. The molecule has 1 aliphatic rings. The highest BCUT2D eigenvalue weighted by molar-refractivity contribution is 5.94. The van der Waals surface area contributed by atoms with Crippen LogP contribution in [0, 0.1) is 0 Å². The molecule has 2 aromatic rings. The number of nitrogens with zero attached hydrogens (tertiary/aromatic N) is 1. The fraction of sp³-hybridized carbons (Fsp3) is 0.435. The molecule has 7 nitrogen and oxygen atoms in total. The Morgan fingerprint density at radius 3 is 2.27 bits per heavy atom. The first-order valence-corrected chi connectivity index (χ1v) is 10.3. The lowest BCUT2D eigenvalue weighted by Crippen LogP contribution is -3.12. The molecule has 1 amide bonds. The minimum absolute atomic E-state index is 0.0176. The van der Waals surface area contributed by atoms with Crippen LogP contribution < -0.4 is 29.3 Å². The maximum absolute atomic E-state index is 12.7. The molecular weight excluding hydrogens is 382 g/mol. The van der Waals surface area contributed by atoms with Gasteiger partial charge in [-0.05, 0) is 36.2 Å². The standard InChI is InChI=1S/C23H31N3O4/c1-25-11-13-26(14-12-25)19-8-6-5-7-18(19)24-22(27)10-9-17-15-20(28-2)23(30-4)21(16-17)29-3/h5-8,15-16H,9-14H2,1-4H3,(H,24,27)/p+1. The van der Waals surface area contributed by atoms with Crippen LogP contribution in [0.15, 0.2) is 36.4 Å². The Labute approximate surface area is 178 Å². The van der Waals surface area contributed by atoms with E-state index < -0.39 is 0 Å². The van der Waals surface area contributed by atoms with Crippen molar-refractivity contribution in [2.75, 3.05) is 64.8 Å². The summed E-state index contributed by atoms with van der Waals surface area (Å²) in [5.41, 5.74) is 2.91. The molecule has 0 aromatic heterocycles. The Balaban J connectivity index is 1.66. The van der Waals surface area contributed by atoms with Crippen molar-refractivity contribution in [3.05, 3.63) is 42.0 Å². The summed E-state index contributed by atoms with van der Waals surface area (Å²) >= 11 is 0. The first-order valence-electron chi connectivity index (χ1n) is 10.3. The van der Waals surface area contributed by atoms with Crippen LogP contribution in [0.5, 0.6) is 17.2 Å². The second-order valence-corrected chi connectivity index (χ2v) is 7.54. The summed E-state index contributed by atoms with van der Waals surface area (Å²) in [6.45, 7) is 4.18. The van der Waals surface area contributed by atoms with Crippen molar-refractivity contribution in [1.29, 1.82) is 0 Å². The summed E-state index contributed by atoms with van der Waals surface area (Å²) in [5.74, 6) is 1.72. The van der Waals surface area contributed by atoms with Gasteiger partial charge in [0, 0.05) is 6.42 Å². The zero-order valence-electron chi connectivity index (χ0n) is 18.3. The van der Waals surface area contributed by atoms with Gasteiger partial charge in [-0.15, -0.1) is 0 Å². The van der Waals surface area contributed by atoms with Gasteiger partial charge in [-0.1, -0.05) is 12.1 Å². The average Bonchev–Trinajstić information content (AvgIpc) is 2.77. The fourth-order valence-electron chi connectivity index (χ4n) is 3.73. The summed E-state index contributed by atoms with van der Waals surface area (Å²) in [4.78, 5) is 16.6. The van der Waals surface area contributed by atoms with E-state index in [2.05, 4.69) is 23.3 Å². The van der Waals surface area contributed by atoms with E-state index in [0.29, 0.717) is 30.1 Å². The number of hydrogen-bond donors (Lipinski definition) is 2. The van der Waals surface area contributed by atoms with Gasteiger partial charge in [0.05, 0.1) is 65.9 Å². The number of carbonyl (C=O) groups is 1. The van der Waals surface area contributed by atoms with Crippen LogP contribution in [0.1, 0.15) is 12.0 Å². The molecule has 1 aliphatic heterocycles. The summed E-state index contributed by atoms with van der Waals surface area (Å²) in [6, 6.07) is 11.8. The second-order valence-electron chi connectivity index (χ2n) is 7.54. The van der Waals surface area contributed by atoms with Gasteiger partial charge < -0.3 is 29.3 Å².